The first-order chi connectivity index (χ1) is 14.1. The molecule has 0 bridgehead atoms. The number of anilines is 2. The number of amides is 2. The van der Waals surface area contributed by atoms with Gasteiger partial charge in [0.2, 0.25) is 0 Å². The van der Waals surface area contributed by atoms with Gasteiger partial charge in [0, 0.05) is 43.4 Å². The van der Waals surface area contributed by atoms with Crippen molar-refractivity contribution in [2.45, 2.75) is 18.9 Å². The highest BCUT2D eigenvalue weighted by Crippen LogP contribution is 2.25. The highest BCUT2D eigenvalue weighted by molar-refractivity contribution is 7.13. The minimum Gasteiger partial charge on any atom is -0.348 e. The second-order valence-electron chi connectivity index (χ2n) is 7.16. The van der Waals surface area contributed by atoms with E-state index in [0.29, 0.717) is 0 Å². The van der Waals surface area contributed by atoms with Gasteiger partial charge in [-0.1, -0.05) is 24.3 Å². The second kappa shape index (κ2) is 8.61. The molecule has 1 aliphatic heterocycles. The average molecular weight is 411 g/mol. The third-order valence-electron chi connectivity index (χ3n) is 5.32. The number of carbonyl (C=O) groups excluding carboxylic acids is 1. The van der Waals surface area contributed by atoms with Crippen molar-refractivity contribution >= 4 is 28.2 Å². The van der Waals surface area contributed by atoms with Crippen LogP contribution in [0.4, 0.5) is 20.0 Å². The maximum atomic E-state index is 13.4. The van der Waals surface area contributed by atoms with Crippen LogP contribution < -0.4 is 10.2 Å². The van der Waals surface area contributed by atoms with Crippen LogP contribution in [0.2, 0.25) is 0 Å². The van der Waals surface area contributed by atoms with Gasteiger partial charge < -0.3 is 15.1 Å². The normalized spacial score (nSPS) is 14.6. The number of hydrogen-bond acceptors (Lipinski definition) is 4. The molecule has 2 heterocycles. The van der Waals surface area contributed by atoms with Gasteiger partial charge in [-0.25, -0.2) is 14.2 Å². The fourth-order valence-electron chi connectivity index (χ4n) is 3.61. The summed E-state index contributed by atoms with van der Waals surface area (Å²) >= 11 is 1.65. The summed E-state index contributed by atoms with van der Waals surface area (Å²) in [4.78, 5) is 21.1. The number of thiazole rings is 1. The van der Waals surface area contributed by atoms with Crippen LogP contribution >= 0.6 is 11.3 Å². The third-order valence-corrected chi connectivity index (χ3v) is 6.15. The molecule has 0 atom stereocenters. The third kappa shape index (κ3) is 4.56. The zero-order chi connectivity index (χ0) is 20.2. The Labute approximate surface area is 173 Å². The fraction of sp³-hybridized carbons (Fsp3) is 0.273. The predicted molar refractivity (Wildman–Crippen MR) is 116 cm³/mol. The van der Waals surface area contributed by atoms with E-state index in [1.165, 1.54) is 12.1 Å². The van der Waals surface area contributed by atoms with E-state index in [2.05, 4.69) is 15.2 Å². The van der Waals surface area contributed by atoms with Crippen molar-refractivity contribution in [1.82, 2.24) is 9.88 Å². The molecule has 5 nitrogen and oxygen atoms in total. The molecule has 0 saturated carbocycles. The lowest BCUT2D eigenvalue weighted by molar-refractivity contribution is 0.193. The quantitative estimate of drug-likeness (QED) is 0.652. The van der Waals surface area contributed by atoms with E-state index >= 15 is 0 Å². The molecule has 0 aliphatic carbocycles. The van der Waals surface area contributed by atoms with Crippen LogP contribution in [0.3, 0.4) is 0 Å². The largest absolute Gasteiger partial charge is 0.348 e. The lowest BCUT2D eigenvalue weighted by atomic mass is 10.0. The van der Waals surface area contributed by atoms with Crippen LogP contribution in [0.1, 0.15) is 12.8 Å². The zero-order valence-corrected chi connectivity index (χ0v) is 17.0. The Morgan fingerprint density at radius 2 is 1.93 bits per heavy atom. The minimum absolute atomic E-state index is 0.115. The number of nitrogens with one attached hydrogen (secondary N) is 1. The van der Waals surface area contributed by atoms with Crippen molar-refractivity contribution in [3.05, 3.63) is 65.9 Å². The summed E-state index contributed by atoms with van der Waals surface area (Å²) < 4.78 is 13.4. The first-order valence-electron chi connectivity index (χ1n) is 9.64. The summed E-state index contributed by atoms with van der Waals surface area (Å²) in [6, 6.07) is 14.0. The summed E-state index contributed by atoms with van der Waals surface area (Å²) in [5.74, 6) is -0.262. The maximum Gasteiger partial charge on any atom is 0.321 e. The van der Waals surface area contributed by atoms with E-state index in [1.54, 1.807) is 22.3 Å². The summed E-state index contributed by atoms with van der Waals surface area (Å²) in [6.45, 7) is 1.80. The number of nitrogens with zero attached hydrogens (tertiary/aromatic N) is 3. The van der Waals surface area contributed by atoms with Crippen molar-refractivity contribution in [3.63, 3.8) is 0 Å². The molecule has 1 N–H and O–H groups in total. The van der Waals surface area contributed by atoms with Crippen molar-refractivity contribution in [2.75, 3.05) is 30.4 Å². The van der Waals surface area contributed by atoms with Crippen LogP contribution in [0.5, 0.6) is 0 Å². The van der Waals surface area contributed by atoms with Gasteiger partial charge in [-0.3, -0.25) is 0 Å². The van der Waals surface area contributed by atoms with Crippen LogP contribution in [-0.2, 0) is 0 Å². The molecule has 1 saturated heterocycles. The van der Waals surface area contributed by atoms with E-state index in [-0.39, 0.29) is 17.9 Å². The van der Waals surface area contributed by atoms with Gasteiger partial charge >= 0.3 is 6.03 Å². The molecule has 4 rings (SSSR count). The van der Waals surface area contributed by atoms with E-state index in [0.717, 1.165) is 47.9 Å². The standard InChI is InChI=1S/C22H23FN4OS/c1-26(20-9-12-27(13-10-20)22-24-11-14-29-22)21(28)25-19-7-5-16(6-8-19)17-3-2-4-18(23)15-17/h2-8,11,14-15,20H,9-10,12-13H2,1H3,(H,25,28). The Morgan fingerprint density at radius 1 is 1.17 bits per heavy atom. The van der Waals surface area contributed by atoms with Gasteiger partial charge in [-0.15, -0.1) is 11.3 Å². The van der Waals surface area contributed by atoms with E-state index < -0.39 is 0 Å². The highest BCUT2D eigenvalue weighted by Gasteiger charge is 2.26. The van der Waals surface area contributed by atoms with Gasteiger partial charge in [0.25, 0.3) is 0 Å². The van der Waals surface area contributed by atoms with Gasteiger partial charge in [-0.2, -0.15) is 0 Å². The molecule has 0 spiro atoms. The Kier molecular flexibility index (Phi) is 5.76. The van der Waals surface area contributed by atoms with Crippen LogP contribution in [-0.4, -0.2) is 42.1 Å². The number of carbonyl (C=O) groups is 1. The summed E-state index contributed by atoms with van der Waals surface area (Å²) in [5.41, 5.74) is 2.44. The van der Waals surface area contributed by atoms with Gasteiger partial charge in [-0.05, 0) is 48.2 Å². The topological polar surface area (TPSA) is 48.5 Å². The van der Waals surface area contributed by atoms with Crippen LogP contribution in [0.25, 0.3) is 11.1 Å². The number of aromatic nitrogens is 1. The molecule has 29 heavy (non-hydrogen) atoms. The van der Waals surface area contributed by atoms with Crippen molar-refractivity contribution in [1.29, 1.82) is 0 Å². The number of urea groups is 1. The summed E-state index contributed by atoms with van der Waals surface area (Å²) in [6.07, 6.45) is 3.66. The molecule has 2 aromatic carbocycles. The first-order valence-corrected chi connectivity index (χ1v) is 10.5. The Bertz CT molecular complexity index is 953. The maximum absolute atomic E-state index is 13.4. The van der Waals surface area contributed by atoms with Gasteiger partial charge in [0.05, 0.1) is 0 Å². The molecule has 1 aliphatic rings. The highest BCUT2D eigenvalue weighted by atomic mass is 32.1. The van der Waals surface area contributed by atoms with Gasteiger partial charge in [0.1, 0.15) is 5.82 Å². The van der Waals surface area contributed by atoms with Crippen molar-refractivity contribution in [3.8, 4) is 11.1 Å². The number of hydrogen-bond donors (Lipinski definition) is 1. The Balaban J connectivity index is 1.33. The molecular weight excluding hydrogens is 387 g/mol. The number of benzene rings is 2. The van der Waals surface area contributed by atoms with E-state index in [9.17, 15) is 9.18 Å². The SMILES string of the molecule is CN(C(=O)Nc1ccc(-c2cccc(F)c2)cc1)C1CCN(c2nccs2)CC1. The van der Waals surface area contributed by atoms with Crippen molar-refractivity contribution in [2.24, 2.45) is 0 Å². The summed E-state index contributed by atoms with van der Waals surface area (Å²) in [5, 5.41) is 5.99. The molecule has 3 aromatic rings. The fourth-order valence-corrected chi connectivity index (χ4v) is 4.30. The van der Waals surface area contributed by atoms with Crippen molar-refractivity contribution < 1.29 is 9.18 Å². The van der Waals surface area contributed by atoms with E-state index in [4.69, 9.17) is 0 Å². The predicted octanol–water partition coefficient (Wildman–Crippen LogP) is 5.08. The molecule has 2 amide bonds. The molecule has 150 valence electrons. The summed E-state index contributed by atoms with van der Waals surface area (Å²) in [7, 11) is 1.85. The van der Waals surface area contributed by atoms with Crippen LogP contribution in [0.15, 0.2) is 60.1 Å². The molecule has 7 heteroatoms. The number of rotatable bonds is 4. The lowest BCUT2D eigenvalue weighted by Gasteiger charge is -2.36. The molecule has 0 unspecified atom stereocenters. The molecular formula is C22H23FN4OS. The molecule has 1 aromatic heterocycles. The molecule has 0 radical (unpaired) electrons. The Hall–Kier alpha value is -2.93. The van der Waals surface area contributed by atoms with Crippen LogP contribution in [0, 0.1) is 5.82 Å². The lowest BCUT2D eigenvalue weighted by Crippen LogP contribution is -2.47. The zero-order valence-electron chi connectivity index (χ0n) is 16.2. The first kappa shape index (κ1) is 19.4. The minimum atomic E-state index is -0.262. The van der Waals surface area contributed by atoms with E-state index in [1.807, 2.05) is 49.0 Å². The monoisotopic (exact) mass is 410 g/mol. The second-order valence-corrected chi connectivity index (χ2v) is 8.03. The number of piperidine rings is 1. The van der Waals surface area contributed by atoms with Gasteiger partial charge in [0.15, 0.2) is 5.13 Å². The number of halogens is 1. The average Bonchev–Trinajstić information content (AvgIpc) is 3.29. The molecule has 1 fully saturated rings. The smallest absolute Gasteiger partial charge is 0.321 e. The Morgan fingerprint density at radius 3 is 2.59 bits per heavy atom.